The summed E-state index contributed by atoms with van der Waals surface area (Å²) >= 11 is 0. The molecular weight excluding hydrogens is 328 g/mol. The van der Waals surface area contributed by atoms with E-state index in [4.69, 9.17) is 9.47 Å². The SMILES string of the molecule is COc1cc(CN2CCN(C3CCCC(C)C3)CC2)c(OC)cc1CO. The lowest BCUT2D eigenvalue weighted by atomic mass is 9.86. The number of hydrogen-bond donors (Lipinski definition) is 1. The molecule has 5 nitrogen and oxygen atoms in total. The van der Waals surface area contributed by atoms with Crippen molar-refractivity contribution in [2.24, 2.45) is 5.92 Å². The quantitative estimate of drug-likeness (QED) is 0.843. The smallest absolute Gasteiger partial charge is 0.124 e. The van der Waals surface area contributed by atoms with Crippen LogP contribution in [0.3, 0.4) is 0 Å². The van der Waals surface area contributed by atoms with Gasteiger partial charge < -0.3 is 14.6 Å². The first-order valence-corrected chi connectivity index (χ1v) is 9.95. The van der Waals surface area contributed by atoms with Gasteiger partial charge in [-0.2, -0.15) is 0 Å². The van der Waals surface area contributed by atoms with Gasteiger partial charge in [0.15, 0.2) is 0 Å². The van der Waals surface area contributed by atoms with Gasteiger partial charge in [-0.1, -0.05) is 19.8 Å². The molecule has 2 fully saturated rings. The first-order valence-electron chi connectivity index (χ1n) is 9.95. The second-order valence-corrected chi connectivity index (χ2v) is 7.87. The Hall–Kier alpha value is -1.30. The fourth-order valence-corrected chi connectivity index (χ4v) is 4.53. The zero-order chi connectivity index (χ0) is 18.5. The van der Waals surface area contributed by atoms with Crippen LogP contribution >= 0.6 is 0 Å². The normalized spacial score (nSPS) is 25.2. The average molecular weight is 363 g/mol. The van der Waals surface area contributed by atoms with Crippen molar-refractivity contribution in [3.8, 4) is 11.5 Å². The van der Waals surface area contributed by atoms with E-state index in [1.165, 1.54) is 25.7 Å². The summed E-state index contributed by atoms with van der Waals surface area (Å²) in [7, 11) is 3.34. The number of hydrogen-bond acceptors (Lipinski definition) is 5. The molecule has 2 atom stereocenters. The van der Waals surface area contributed by atoms with Crippen molar-refractivity contribution in [3.63, 3.8) is 0 Å². The van der Waals surface area contributed by atoms with Crippen LogP contribution in [-0.4, -0.2) is 61.3 Å². The molecule has 2 unspecified atom stereocenters. The number of aliphatic hydroxyl groups excluding tert-OH is 1. The van der Waals surface area contributed by atoms with Crippen molar-refractivity contribution in [3.05, 3.63) is 23.3 Å². The molecule has 1 aromatic carbocycles. The minimum atomic E-state index is -0.0434. The van der Waals surface area contributed by atoms with Crippen molar-refractivity contribution >= 4 is 0 Å². The lowest BCUT2D eigenvalue weighted by Gasteiger charge is -2.42. The maximum absolute atomic E-state index is 9.50. The molecule has 146 valence electrons. The molecule has 0 spiro atoms. The molecular formula is C21H34N2O3. The summed E-state index contributed by atoms with van der Waals surface area (Å²) in [4.78, 5) is 5.21. The number of ether oxygens (including phenoxy) is 2. The van der Waals surface area contributed by atoms with Crippen molar-refractivity contribution in [1.29, 1.82) is 0 Å². The number of aliphatic hydroxyl groups is 1. The Morgan fingerprint density at radius 3 is 2.27 bits per heavy atom. The van der Waals surface area contributed by atoms with Crippen molar-refractivity contribution < 1.29 is 14.6 Å². The second-order valence-electron chi connectivity index (χ2n) is 7.87. The van der Waals surface area contributed by atoms with Gasteiger partial charge in [0.05, 0.1) is 20.8 Å². The highest BCUT2D eigenvalue weighted by molar-refractivity contribution is 5.46. The van der Waals surface area contributed by atoms with Crippen molar-refractivity contribution in [1.82, 2.24) is 9.80 Å². The highest BCUT2D eigenvalue weighted by Crippen LogP contribution is 2.31. The van der Waals surface area contributed by atoms with Gasteiger partial charge in [0, 0.05) is 49.9 Å². The van der Waals surface area contributed by atoms with E-state index < -0.39 is 0 Å². The maximum Gasteiger partial charge on any atom is 0.124 e. The zero-order valence-electron chi connectivity index (χ0n) is 16.5. The van der Waals surface area contributed by atoms with E-state index in [2.05, 4.69) is 16.7 Å². The molecule has 3 rings (SSSR count). The molecule has 1 saturated carbocycles. The molecule has 0 amide bonds. The second kappa shape index (κ2) is 9.07. The Morgan fingerprint density at radius 2 is 1.65 bits per heavy atom. The summed E-state index contributed by atoms with van der Waals surface area (Å²) in [5.41, 5.74) is 1.89. The van der Waals surface area contributed by atoms with Crippen LogP contribution in [0.25, 0.3) is 0 Å². The molecule has 0 radical (unpaired) electrons. The largest absolute Gasteiger partial charge is 0.496 e. The van der Waals surface area contributed by atoms with Gasteiger partial charge in [-0.05, 0) is 30.9 Å². The summed E-state index contributed by atoms with van der Waals surface area (Å²) < 4.78 is 11.0. The Morgan fingerprint density at radius 1 is 1.00 bits per heavy atom. The predicted octanol–water partition coefficient (Wildman–Crippen LogP) is 2.89. The predicted molar refractivity (Wildman–Crippen MR) is 104 cm³/mol. The summed E-state index contributed by atoms with van der Waals surface area (Å²) in [6.45, 7) is 7.73. The van der Waals surface area contributed by atoms with Crippen LogP contribution in [0.2, 0.25) is 0 Å². The fourth-order valence-electron chi connectivity index (χ4n) is 4.53. The van der Waals surface area contributed by atoms with Gasteiger partial charge in [0.25, 0.3) is 0 Å². The Labute approximate surface area is 157 Å². The average Bonchev–Trinajstić information content (AvgIpc) is 2.68. The van der Waals surface area contributed by atoms with E-state index in [1.807, 2.05) is 12.1 Å². The fraction of sp³-hybridized carbons (Fsp3) is 0.714. The minimum absolute atomic E-state index is 0.0434. The molecule has 1 aromatic rings. The molecule has 0 aromatic heterocycles. The van der Waals surface area contributed by atoms with Crippen molar-refractivity contribution in [2.75, 3.05) is 40.4 Å². The van der Waals surface area contributed by atoms with Gasteiger partial charge in [-0.3, -0.25) is 9.80 Å². The van der Waals surface area contributed by atoms with E-state index in [0.29, 0.717) is 0 Å². The van der Waals surface area contributed by atoms with Crippen LogP contribution in [0, 0.1) is 5.92 Å². The van der Waals surface area contributed by atoms with E-state index >= 15 is 0 Å². The van der Waals surface area contributed by atoms with Crippen LogP contribution in [-0.2, 0) is 13.2 Å². The van der Waals surface area contributed by atoms with E-state index in [1.54, 1.807) is 14.2 Å². The third-order valence-electron chi connectivity index (χ3n) is 6.08. The highest BCUT2D eigenvalue weighted by atomic mass is 16.5. The number of methoxy groups -OCH3 is 2. The van der Waals surface area contributed by atoms with Crippen LogP contribution < -0.4 is 9.47 Å². The molecule has 1 saturated heterocycles. The van der Waals surface area contributed by atoms with Gasteiger partial charge in [0.1, 0.15) is 11.5 Å². The monoisotopic (exact) mass is 362 g/mol. The molecule has 26 heavy (non-hydrogen) atoms. The Balaban J connectivity index is 1.60. The number of piperazine rings is 1. The van der Waals surface area contributed by atoms with Crippen LogP contribution in [0.4, 0.5) is 0 Å². The molecule has 2 aliphatic rings. The standard InChI is InChI=1S/C21H34N2O3/c1-16-5-4-6-19(11-16)23-9-7-22(8-10-23)14-17-12-21(26-3)18(15-24)13-20(17)25-2/h12-13,16,19,24H,4-11,14-15H2,1-3H3. The first kappa shape index (κ1) is 19.5. The Bertz CT molecular complexity index is 585. The lowest BCUT2D eigenvalue weighted by Crippen LogP contribution is -2.50. The van der Waals surface area contributed by atoms with Crippen LogP contribution in [0.1, 0.15) is 43.7 Å². The maximum atomic E-state index is 9.50. The third-order valence-corrected chi connectivity index (χ3v) is 6.08. The molecule has 5 heteroatoms. The summed E-state index contributed by atoms with van der Waals surface area (Å²) in [6, 6.07) is 4.70. The summed E-state index contributed by atoms with van der Waals surface area (Å²) in [6.07, 6.45) is 5.54. The van der Waals surface area contributed by atoms with Crippen molar-refractivity contribution in [2.45, 2.75) is 51.8 Å². The summed E-state index contributed by atoms with van der Waals surface area (Å²) in [5, 5.41) is 9.50. The van der Waals surface area contributed by atoms with Gasteiger partial charge in [0.2, 0.25) is 0 Å². The van der Waals surface area contributed by atoms with E-state index in [0.717, 1.165) is 67.3 Å². The molecule has 1 N–H and O–H groups in total. The minimum Gasteiger partial charge on any atom is -0.496 e. The molecule has 1 aliphatic heterocycles. The van der Waals surface area contributed by atoms with E-state index in [9.17, 15) is 5.11 Å². The van der Waals surface area contributed by atoms with Crippen LogP contribution in [0.5, 0.6) is 11.5 Å². The topological polar surface area (TPSA) is 45.2 Å². The number of benzene rings is 1. The number of nitrogens with zero attached hydrogens (tertiary/aromatic N) is 2. The Kier molecular flexibility index (Phi) is 6.79. The zero-order valence-corrected chi connectivity index (χ0v) is 16.5. The first-order chi connectivity index (χ1) is 12.6. The van der Waals surface area contributed by atoms with Gasteiger partial charge in [-0.25, -0.2) is 0 Å². The molecule has 0 bridgehead atoms. The molecule has 1 aliphatic carbocycles. The van der Waals surface area contributed by atoms with Gasteiger partial charge >= 0.3 is 0 Å². The third kappa shape index (κ3) is 4.51. The summed E-state index contributed by atoms with van der Waals surface area (Å²) in [5.74, 6) is 2.45. The molecule has 1 heterocycles. The van der Waals surface area contributed by atoms with E-state index in [-0.39, 0.29) is 6.61 Å². The van der Waals surface area contributed by atoms with Crippen LogP contribution in [0.15, 0.2) is 12.1 Å². The highest BCUT2D eigenvalue weighted by Gasteiger charge is 2.27. The number of rotatable bonds is 6. The van der Waals surface area contributed by atoms with Gasteiger partial charge in [-0.15, -0.1) is 0 Å². The lowest BCUT2D eigenvalue weighted by molar-refractivity contribution is 0.0656.